The van der Waals surface area contributed by atoms with E-state index in [-0.39, 0.29) is 16.9 Å². The monoisotopic (exact) mass is 437 g/mol. The van der Waals surface area contributed by atoms with Gasteiger partial charge in [-0.25, -0.2) is 14.4 Å². The number of hydrogen-bond donors (Lipinski definition) is 4. The molecule has 0 fully saturated rings. The molecule has 0 saturated heterocycles. The normalized spacial score (nSPS) is 10.0. The standard InChI is InChI=1S/C16H21N5O4.C2H2O4/c1-19-14(11-15(22)20(2)16(19)23)18-10-9-17-8-7-12-3-5-13(6-4-12)21(24)25;3-1(4)2(5)6/h3-6,11,17-18H,7-10H2,1-2H3;(H,3,4)(H,5,6). The van der Waals surface area contributed by atoms with Crippen LogP contribution in [0.3, 0.4) is 0 Å². The van der Waals surface area contributed by atoms with E-state index in [1.807, 2.05) is 0 Å². The van der Waals surface area contributed by atoms with Gasteiger partial charge in [0.05, 0.1) is 4.92 Å². The molecular weight excluding hydrogens is 414 g/mol. The van der Waals surface area contributed by atoms with Crippen molar-refractivity contribution in [3.63, 3.8) is 0 Å². The van der Waals surface area contributed by atoms with E-state index >= 15 is 0 Å². The summed E-state index contributed by atoms with van der Waals surface area (Å²) in [5.74, 6) is -3.17. The number of nitro benzene ring substituents is 1. The third-order valence-corrected chi connectivity index (χ3v) is 4.05. The summed E-state index contributed by atoms with van der Waals surface area (Å²) in [5.41, 5.74) is 0.374. The number of non-ortho nitro benzene ring substituents is 1. The molecule has 168 valence electrons. The summed E-state index contributed by atoms with van der Waals surface area (Å²) in [6.07, 6.45) is 0.752. The van der Waals surface area contributed by atoms with Gasteiger partial charge < -0.3 is 20.8 Å². The maximum Gasteiger partial charge on any atom is 0.414 e. The smallest absolute Gasteiger partial charge is 0.414 e. The van der Waals surface area contributed by atoms with Crippen molar-refractivity contribution in [2.75, 3.05) is 25.0 Å². The van der Waals surface area contributed by atoms with Gasteiger partial charge in [0.2, 0.25) is 0 Å². The summed E-state index contributed by atoms with van der Waals surface area (Å²) in [5, 5.41) is 31.7. The van der Waals surface area contributed by atoms with E-state index in [1.54, 1.807) is 19.2 Å². The van der Waals surface area contributed by atoms with Gasteiger partial charge in [0, 0.05) is 45.4 Å². The molecule has 0 radical (unpaired) electrons. The van der Waals surface area contributed by atoms with Gasteiger partial charge in [-0.2, -0.15) is 0 Å². The molecule has 1 heterocycles. The van der Waals surface area contributed by atoms with Crippen molar-refractivity contribution < 1.29 is 24.7 Å². The lowest BCUT2D eigenvalue weighted by molar-refractivity contribution is -0.384. The predicted octanol–water partition coefficient (Wildman–Crippen LogP) is -0.608. The summed E-state index contributed by atoms with van der Waals surface area (Å²) in [6, 6.07) is 7.86. The fraction of sp³-hybridized carbons (Fsp3) is 0.333. The van der Waals surface area contributed by atoms with E-state index in [1.165, 1.54) is 29.8 Å². The molecule has 0 atom stereocenters. The van der Waals surface area contributed by atoms with Crippen LogP contribution in [-0.4, -0.2) is 55.8 Å². The summed E-state index contributed by atoms with van der Waals surface area (Å²) in [4.78, 5) is 51.8. The summed E-state index contributed by atoms with van der Waals surface area (Å²) in [6.45, 7) is 1.92. The first-order valence-corrected chi connectivity index (χ1v) is 8.95. The maximum absolute atomic E-state index is 11.8. The van der Waals surface area contributed by atoms with Gasteiger partial charge in [-0.15, -0.1) is 0 Å². The number of aliphatic carboxylic acids is 2. The minimum atomic E-state index is -1.82. The molecule has 0 aliphatic heterocycles. The first-order chi connectivity index (χ1) is 14.5. The molecule has 13 heteroatoms. The molecule has 2 rings (SSSR count). The molecule has 0 unspecified atom stereocenters. The van der Waals surface area contributed by atoms with Crippen LogP contribution in [0.4, 0.5) is 11.5 Å². The second-order valence-corrected chi connectivity index (χ2v) is 6.23. The van der Waals surface area contributed by atoms with E-state index in [0.717, 1.165) is 23.1 Å². The lowest BCUT2D eigenvalue weighted by Gasteiger charge is -2.12. The van der Waals surface area contributed by atoms with Crippen LogP contribution in [0.5, 0.6) is 0 Å². The molecule has 0 bridgehead atoms. The minimum absolute atomic E-state index is 0.0838. The Labute approximate surface area is 175 Å². The number of carbonyl (C=O) groups is 2. The molecule has 0 aliphatic carbocycles. The second-order valence-electron chi connectivity index (χ2n) is 6.23. The number of nitro groups is 1. The quantitative estimate of drug-likeness (QED) is 0.180. The predicted molar refractivity (Wildman–Crippen MR) is 110 cm³/mol. The zero-order valence-corrected chi connectivity index (χ0v) is 16.9. The number of hydrogen-bond acceptors (Lipinski definition) is 8. The van der Waals surface area contributed by atoms with Gasteiger partial charge in [0.1, 0.15) is 5.82 Å². The molecule has 2 aromatic rings. The number of carboxylic acids is 2. The van der Waals surface area contributed by atoms with Crippen molar-refractivity contribution in [2.24, 2.45) is 14.1 Å². The number of aromatic nitrogens is 2. The van der Waals surface area contributed by atoms with Crippen LogP contribution in [0.25, 0.3) is 0 Å². The van der Waals surface area contributed by atoms with E-state index in [2.05, 4.69) is 10.6 Å². The number of rotatable bonds is 8. The molecule has 0 amide bonds. The molecule has 4 N–H and O–H groups in total. The van der Waals surface area contributed by atoms with Crippen LogP contribution in [0, 0.1) is 10.1 Å². The van der Waals surface area contributed by atoms with Crippen LogP contribution in [-0.2, 0) is 30.1 Å². The molecule has 1 aromatic heterocycles. The van der Waals surface area contributed by atoms with Gasteiger partial charge in [-0.05, 0) is 18.5 Å². The molecule has 0 saturated carbocycles. The molecule has 13 nitrogen and oxygen atoms in total. The van der Waals surface area contributed by atoms with Crippen molar-refractivity contribution >= 4 is 23.4 Å². The van der Waals surface area contributed by atoms with Crippen molar-refractivity contribution in [3.8, 4) is 0 Å². The Balaban J connectivity index is 0.000000703. The van der Waals surface area contributed by atoms with E-state index in [9.17, 15) is 19.7 Å². The molecular formula is C18H23N5O8. The van der Waals surface area contributed by atoms with E-state index in [4.69, 9.17) is 19.8 Å². The largest absolute Gasteiger partial charge is 0.473 e. The van der Waals surface area contributed by atoms with Crippen LogP contribution < -0.4 is 21.9 Å². The van der Waals surface area contributed by atoms with Crippen molar-refractivity contribution in [1.82, 2.24) is 14.5 Å². The highest BCUT2D eigenvalue weighted by molar-refractivity contribution is 6.27. The van der Waals surface area contributed by atoms with Gasteiger partial charge in [-0.1, -0.05) is 12.1 Å². The number of anilines is 1. The summed E-state index contributed by atoms with van der Waals surface area (Å²) < 4.78 is 2.44. The number of benzene rings is 1. The van der Waals surface area contributed by atoms with Gasteiger partial charge in [0.15, 0.2) is 0 Å². The topological polar surface area (TPSA) is 186 Å². The Morgan fingerprint density at radius 1 is 1.00 bits per heavy atom. The molecule has 0 spiro atoms. The van der Waals surface area contributed by atoms with E-state index < -0.39 is 16.9 Å². The fourth-order valence-electron chi connectivity index (χ4n) is 2.32. The highest BCUT2D eigenvalue weighted by Crippen LogP contribution is 2.11. The maximum atomic E-state index is 11.8. The fourth-order valence-corrected chi connectivity index (χ4v) is 2.32. The average Bonchev–Trinajstić information content (AvgIpc) is 2.73. The third kappa shape index (κ3) is 8.10. The zero-order valence-electron chi connectivity index (χ0n) is 16.9. The molecule has 31 heavy (non-hydrogen) atoms. The minimum Gasteiger partial charge on any atom is -0.473 e. The van der Waals surface area contributed by atoms with Gasteiger partial charge in [0.25, 0.3) is 11.2 Å². The molecule has 1 aromatic carbocycles. The Bertz CT molecular complexity index is 1030. The SMILES string of the molecule is Cn1c(NCCNCCc2ccc([N+](=O)[O-])cc2)cc(=O)n(C)c1=O.O=C(O)C(=O)O. The van der Waals surface area contributed by atoms with E-state index in [0.29, 0.717) is 18.9 Å². The van der Waals surface area contributed by atoms with Gasteiger partial charge in [-0.3, -0.25) is 24.0 Å². The lowest BCUT2D eigenvalue weighted by Crippen LogP contribution is -2.38. The summed E-state index contributed by atoms with van der Waals surface area (Å²) in [7, 11) is 3.04. The van der Waals surface area contributed by atoms with Crippen LogP contribution in [0.2, 0.25) is 0 Å². The number of carboxylic acid groups (broad SMARTS) is 2. The average molecular weight is 437 g/mol. The Hall–Kier alpha value is -4.00. The van der Waals surface area contributed by atoms with Crippen molar-refractivity contribution in [1.29, 1.82) is 0 Å². The van der Waals surface area contributed by atoms with Crippen LogP contribution in [0.15, 0.2) is 39.9 Å². The first kappa shape index (κ1) is 25.0. The third-order valence-electron chi connectivity index (χ3n) is 4.05. The van der Waals surface area contributed by atoms with Crippen LogP contribution in [0.1, 0.15) is 5.56 Å². The second kappa shape index (κ2) is 11.9. The highest BCUT2D eigenvalue weighted by Gasteiger charge is 2.06. The Morgan fingerprint density at radius 3 is 2.10 bits per heavy atom. The van der Waals surface area contributed by atoms with Crippen molar-refractivity contribution in [2.45, 2.75) is 6.42 Å². The lowest BCUT2D eigenvalue weighted by atomic mass is 10.1. The summed E-state index contributed by atoms with van der Waals surface area (Å²) >= 11 is 0. The molecule has 0 aliphatic rings. The number of nitrogens with one attached hydrogen (secondary N) is 2. The van der Waals surface area contributed by atoms with Crippen LogP contribution >= 0.6 is 0 Å². The van der Waals surface area contributed by atoms with Gasteiger partial charge >= 0.3 is 17.6 Å². The van der Waals surface area contributed by atoms with Crippen molar-refractivity contribution in [3.05, 3.63) is 66.8 Å². The Kier molecular flexibility index (Phi) is 9.59. The first-order valence-electron chi connectivity index (χ1n) is 8.95. The number of nitrogens with zero attached hydrogens (tertiary/aromatic N) is 3. The zero-order chi connectivity index (χ0) is 23.6. The Morgan fingerprint density at radius 2 is 1.58 bits per heavy atom. The highest BCUT2D eigenvalue weighted by atomic mass is 16.6.